The van der Waals surface area contributed by atoms with E-state index in [1.807, 2.05) is 18.3 Å². The number of allylic oxidation sites excluding steroid dienone is 1. The van der Waals surface area contributed by atoms with Gasteiger partial charge in [0.05, 0.1) is 18.8 Å². The number of hydrogen-bond donors (Lipinski definition) is 1. The first-order chi connectivity index (χ1) is 17.9. The summed E-state index contributed by atoms with van der Waals surface area (Å²) in [5, 5.41) is 3.46. The first-order valence-corrected chi connectivity index (χ1v) is 13.2. The van der Waals surface area contributed by atoms with Gasteiger partial charge >= 0.3 is 0 Å². The van der Waals surface area contributed by atoms with Crippen molar-refractivity contribution in [1.29, 1.82) is 0 Å². The van der Waals surface area contributed by atoms with Gasteiger partial charge in [-0.05, 0) is 90.0 Å². The monoisotopic (exact) mass is 499 g/mol. The number of rotatable bonds is 8. The van der Waals surface area contributed by atoms with Crippen LogP contribution < -0.4 is 15.0 Å². The quantitative estimate of drug-likeness (QED) is 0.256. The maximum absolute atomic E-state index is 13.6. The van der Waals surface area contributed by atoms with Gasteiger partial charge in [0, 0.05) is 12.6 Å². The highest BCUT2D eigenvalue weighted by Gasteiger charge is 2.18. The van der Waals surface area contributed by atoms with Crippen LogP contribution in [0, 0.1) is 12.7 Å². The summed E-state index contributed by atoms with van der Waals surface area (Å²) in [5.41, 5.74) is 7.84. The minimum atomic E-state index is -0.230. The molecule has 1 heterocycles. The summed E-state index contributed by atoms with van der Waals surface area (Å²) in [5.74, 6) is 1.90. The lowest BCUT2D eigenvalue weighted by molar-refractivity contribution is 0.311. The molecule has 37 heavy (non-hydrogen) atoms. The van der Waals surface area contributed by atoms with Gasteiger partial charge in [0.1, 0.15) is 24.0 Å². The molecule has 0 aromatic heterocycles. The Morgan fingerprint density at radius 2 is 1.89 bits per heavy atom. The van der Waals surface area contributed by atoms with E-state index >= 15 is 0 Å². The number of halogens is 1. The summed E-state index contributed by atoms with van der Waals surface area (Å²) in [7, 11) is 2.09. The van der Waals surface area contributed by atoms with E-state index in [4.69, 9.17) is 9.73 Å². The van der Waals surface area contributed by atoms with E-state index in [0.29, 0.717) is 19.1 Å². The van der Waals surface area contributed by atoms with Crippen LogP contribution in [0.15, 0.2) is 71.9 Å². The summed E-state index contributed by atoms with van der Waals surface area (Å²) < 4.78 is 19.6. The van der Waals surface area contributed by atoms with Gasteiger partial charge in [0.25, 0.3) is 0 Å². The van der Waals surface area contributed by atoms with Crippen LogP contribution in [0.4, 0.5) is 10.1 Å². The first-order valence-electron chi connectivity index (χ1n) is 13.2. The zero-order chi connectivity index (χ0) is 26.4. The highest BCUT2D eigenvalue weighted by molar-refractivity contribution is 6.02. The predicted octanol–water partition coefficient (Wildman–Crippen LogP) is 7.60. The predicted molar refractivity (Wildman–Crippen MR) is 153 cm³/mol. The van der Waals surface area contributed by atoms with Crippen LogP contribution in [-0.4, -0.2) is 26.0 Å². The van der Waals surface area contributed by atoms with Gasteiger partial charge in [-0.2, -0.15) is 0 Å². The minimum Gasteiger partial charge on any atom is -0.490 e. The standard InChI is InChI=1S/C32H38FN3O/c1-6-8-15-34-32(35-21-24-9-14-30-31(18-24)37-17-16-36(30)5)29-20-26(25-10-12-27(33)13-11-25)19-28(23(29)4)22(3)7-2/h8-15,18-20,22H,6-7,16-17,21H2,1-5H3,(H,34,35)/b15-8+. The fraction of sp³-hybridized carbons (Fsp3) is 0.344. The molecule has 0 saturated carbocycles. The number of anilines is 1. The number of nitrogens with zero attached hydrogens (tertiary/aromatic N) is 2. The molecule has 0 aliphatic carbocycles. The molecular formula is C32H38FN3O. The number of aliphatic imine (C=N–C) groups is 1. The molecule has 0 amide bonds. The van der Waals surface area contributed by atoms with Gasteiger partial charge in [0.2, 0.25) is 0 Å². The fourth-order valence-corrected chi connectivity index (χ4v) is 4.66. The summed E-state index contributed by atoms with van der Waals surface area (Å²) in [6, 6.07) is 17.5. The van der Waals surface area contributed by atoms with Crippen molar-refractivity contribution >= 4 is 11.5 Å². The van der Waals surface area contributed by atoms with E-state index < -0.39 is 0 Å². The molecule has 0 saturated heterocycles. The third-order valence-electron chi connectivity index (χ3n) is 7.14. The molecule has 1 N–H and O–H groups in total. The average molecular weight is 500 g/mol. The first kappa shape index (κ1) is 26.5. The van der Waals surface area contributed by atoms with Crippen LogP contribution in [0.5, 0.6) is 5.75 Å². The lowest BCUT2D eigenvalue weighted by Crippen LogP contribution is -2.28. The van der Waals surface area contributed by atoms with Gasteiger partial charge < -0.3 is 15.0 Å². The van der Waals surface area contributed by atoms with Crippen LogP contribution in [0.2, 0.25) is 0 Å². The molecule has 3 aromatic carbocycles. The average Bonchev–Trinajstić information content (AvgIpc) is 2.91. The van der Waals surface area contributed by atoms with Crippen molar-refractivity contribution in [1.82, 2.24) is 5.32 Å². The summed E-state index contributed by atoms with van der Waals surface area (Å²) >= 11 is 0. The van der Waals surface area contributed by atoms with Crippen molar-refractivity contribution in [2.75, 3.05) is 25.1 Å². The molecule has 3 aromatic rings. The largest absolute Gasteiger partial charge is 0.490 e. The zero-order valence-corrected chi connectivity index (χ0v) is 22.6. The van der Waals surface area contributed by atoms with Crippen molar-refractivity contribution in [2.24, 2.45) is 4.99 Å². The minimum absolute atomic E-state index is 0.230. The molecular weight excluding hydrogens is 461 g/mol. The van der Waals surface area contributed by atoms with Crippen LogP contribution in [0.1, 0.15) is 61.8 Å². The Labute approximate surface area is 220 Å². The van der Waals surface area contributed by atoms with Gasteiger partial charge in [-0.3, -0.25) is 4.99 Å². The molecule has 1 unspecified atom stereocenters. The Hall–Kier alpha value is -3.60. The molecule has 4 nitrogen and oxygen atoms in total. The number of likely N-dealkylation sites (N-methyl/N-ethyl adjacent to an activating group) is 1. The van der Waals surface area contributed by atoms with Crippen LogP contribution in [0.3, 0.4) is 0 Å². The van der Waals surface area contributed by atoms with Gasteiger partial charge in [-0.25, -0.2) is 4.39 Å². The van der Waals surface area contributed by atoms with Gasteiger partial charge in [-0.1, -0.05) is 51.1 Å². The fourth-order valence-electron chi connectivity index (χ4n) is 4.66. The third-order valence-corrected chi connectivity index (χ3v) is 7.14. The topological polar surface area (TPSA) is 36.9 Å². The molecule has 4 rings (SSSR count). The molecule has 1 aliphatic heterocycles. The highest BCUT2D eigenvalue weighted by Crippen LogP contribution is 2.33. The molecule has 1 atom stereocenters. The van der Waals surface area contributed by atoms with Gasteiger partial charge in [0.15, 0.2) is 0 Å². The number of ether oxygens (including phenoxy) is 1. The van der Waals surface area contributed by atoms with Crippen molar-refractivity contribution in [2.45, 2.75) is 53.0 Å². The highest BCUT2D eigenvalue weighted by atomic mass is 19.1. The molecule has 0 spiro atoms. The maximum Gasteiger partial charge on any atom is 0.143 e. The molecule has 0 radical (unpaired) electrons. The van der Waals surface area contributed by atoms with E-state index in [9.17, 15) is 4.39 Å². The number of fused-ring (bicyclic) bond motifs is 1. The zero-order valence-electron chi connectivity index (χ0n) is 22.6. The van der Waals surface area contributed by atoms with Crippen molar-refractivity contribution in [3.8, 4) is 16.9 Å². The SMILES string of the molecule is CC/C=C/NC(=NCc1ccc2c(c1)OCCN2C)c1cc(-c2ccc(F)cc2)cc(C(C)CC)c1C. The second-order valence-corrected chi connectivity index (χ2v) is 9.75. The van der Waals surface area contributed by atoms with E-state index in [-0.39, 0.29) is 5.82 Å². The van der Waals surface area contributed by atoms with E-state index in [1.54, 1.807) is 0 Å². The summed E-state index contributed by atoms with van der Waals surface area (Å²) in [6.07, 6.45) is 6.03. The van der Waals surface area contributed by atoms with E-state index in [2.05, 4.69) is 81.4 Å². The number of amidine groups is 1. The van der Waals surface area contributed by atoms with Crippen LogP contribution in [-0.2, 0) is 6.54 Å². The van der Waals surface area contributed by atoms with E-state index in [0.717, 1.165) is 58.9 Å². The maximum atomic E-state index is 13.6. The van der Waals surface area contributed by atoms with Crippen LogP contribution in [0.25, 0.3) is 11.1 Å². The summed E-state index contributed by atoms with van der Waals surface area (Å²) in [6.45, 7) is 10.9. The van der Waals surface area contributed by atoms with Crippen molar-refractivity contribution in [3.63, 3.8) is 0 Å². The Kier molecular flexibility index (Phi) is 8.65. The summed E-state index contributed by atoms with van der Waals surface area (Å²) in [4.78, 5) is 7.28. The molecule has 5 heteroatoms. The second kappa shape index (κ2) is 12.1. The Bertz CT molecular complexity index is 1280. The number of benzene rings is 3. The normalized spacial score (nSPS) is 14.4. The molecule has 194 valence electrons. The van der Waals surface area contributed by atoms with E-state index in [1.165, 1.54) is 23.3 Å². The molecule has 0 fully saturated rings. The Morgan fingerprint density at radius 1 is 1.11 bits per heavy atom. The second-order valence-electron chi connectivity index (χ2n) is 9.75. The Morgan fingerprint density at radius 3 is 2.62 bits per heavy atom. The smallest absolute Gasteiger partial charge is 0.143 e. The lowest BCUT2D eigenvalue weighted by Gasteiger charge is -2.27. The molecule has 0 bridgehead atoms. The Balaban J connectivity index is 1.77. The third kappa shape index (κ3) is 6.22. The lowest BCUT2D eigenvalue weighted by atomic mass is 9.87. The van der Waals surface area contributed by atoms with Gasteiger partial charge in [-0.15, -0.1) is 0 Å². The number of hydrogen-bond acceptors (Lipinski definition) is 3. The molecule has 1 aliphatic rings. The number of nitrogens with one attached hydrogen (secondary N) is 1. The van der Waals surface area contributed by atoms with Crippen LogP contribution >= 0.6 is 0 Å². The van der Waals surface area contributed by atoms with Crippen molar-refractivity contribution in [3.05, 3.63) is 94.9 Å². The van der Waals surface area contributed by atoms with Crippen molar-refractivity contribution < 1.29 is 9.13 Å².